The first kappa shape index (κ1) is 24.1. The molecule has 1 aliphatic rings. The van der Waals surface area contributed by atoms with Crippen molar-refractivity contribution in [2.24, 2.45) is 0 Å². The summed E-state index contributed by atoms with van der Waals surface area (Å²) in [4.78, 5) is 12.8. The van der Waals surface area contributed by atoms with Crippen molar-refractivity contribution in [3.05, 3.63) is 58.6 Å². The maximum atomic E-state index is 13.3. The normalized spacial score (nSPS) is 14.9. The minimum Gasteiger partial charge on any atom is -0.354 e. The van der Waals surface area contributed by atoms with Gasteiger partial charge in [0.2, 0.25) is 5.91 Å². The van der Waals surface area contributed by atoms with Crippen molar-refractivity contribution in [2.75, 3.05) is 23.1 Å². The smallest absolute Gasteiger partial charge is 0.264 e. The predicted octanol–water partition coefficient (Wildman–Crippen LogP) is 5.13. The molecule has 0 aliphatic heterocycles. The Morgan fingerprint density at radius 3 is 2.35 bits per heavy atom. The largest absolute Gasteiger partial charge is 0.354 e. The minimum atomic E-state index is -3.87. The summed E-state index contributed by atoms with van der Waals surface area (Å²) >= 11 is 5.28. The fourth-order valence-corrected chi connectivity index (χ4v) is 6.50. The van der Waals surface area contributed by atoms with E-state index in [-0.39, 0.29) is 17.3 Å². The standard InChI is InChI=1S/C23H29BrN2O3S2/c1-18-7-13-22(14-8-18)31(28,29)26(20-11-9-19(24)10-12-20)17-23(27)25-15-16-30-21-5-3-2-4-6-21/h7-14,21H,2-6,15-17H2,1H3,(H,25,27). The second kappa shape index (κ2) is 11.4. The lowest BCUT2D eigenvalue weighted by Crippen LogP contribution is -2.41. The molecular weight excluding hydrogens is 496 g/mol. The number of amides is 1. The van der Waals surface area contributed by atoms with Crippen LogP contribution >= 0.6 is 27.7 Å². The van der Waals surface area contributed by atoms with Gasteiger partial charge in [-0.15, -0.1) is 0 Å². The Labute approximate surface area is 198 Å². The molecular formula is C23H29BrN2O3S2. The lowest BCUT2D eigenvalue weighted by Gasteiger charge is -2.24. The molecule has 0 radical (unpaired) electrons. The van der Waals surface area contributed by atoms with Crippen LogP contribution in [0.5, 0.6) is 0 Å². The van der Waals surface area contributed by atoms with Crippen LogP contribution in [0.2, 0.25) is 0 Å². The van der Waals surface area contributed by atoms with Crippen molar-refractivity contribution < 1.29 is 13.2 Å². The molecule has 3 rings (SSSR count). The lowest BCUT2D eigenvalue weighted by atomic mass is 10.0. The topological polar surface area (TPSA) is 66.5 Å². The maximum Gasteiger partial charge on any atom is 0.264 e. The van der Waals surface area contributed by atoms with Crippen LogP contribution < -0.4 is 9.62 Å². The van der Waals surface area contributed by atoms with Gasteiger partial charge in [-0.3, -0.25) is 9.10 Å². The molecule has 0 atom stereocenters. The molecule has 1 N–H and O–H groups in total. The van der Waals surface area contributed by atoms with Gasteiger partial charge in [-0.2, -0.15) is 11.8 Å². The van der Waals surface area contributed by atoms with Gasteiger partial charge in [-0.05, 0) is 56.2 Å². The molecule has 0 heterocycles. The summed E-state index contributed by atoms with van der Waals surface area (Å²) in [6, 6.07) is 13.6. The summed E-state index contributed by atoms with van der Waals surface area (Å²) in [5.41, 5.74) is 1.43. The van der Waals surface area contributed by atoms with Crippen LogP contribution in [0.4, 0.5) is 5.69 Å². The molecule has 1 fully saturated rings. The van der Waals surface area contributed by atoms with E-state index in [0.717, 1.165) is 15.8 Å². The third kappa shape index (κ3) is 6.99. The van der Waals surface area contributed by atoms with Crippen molar-refractivity contribution >= 4 is 49.3 Å². The van der Waals surface area contributed by atoms with E-state index >= 15 is 0 Å². The number of nitrogens with zero attached hydrogens (tertiary/aromatic N) is 1. The van der Waals surface area contributed by atoms with Crippen molar-refractivity contribution in [1.29, 1.82) is 0 Å². The highest BCUT2D eigenvalue weighted by Gasteiger charge is 2.27. The number of nitrogens with one attached hydrogen (secondary N) is 1. The van der Waals surface area contributed by atoms with Crippen LogP contribution in [0.25, 0.3) is 0 Å². The molecule has 8 heteroatoms. The molecule has 31 heavy (non-hydrogen) atoms. The number of thioether (sulfide) groups is 1. The fraction of sp³-hybridized carbons (Fsp3) is 0.435. The van der Waals surface area contributed by atoms with E-state index in [1.807, 2.05) is 18.7 Å². The van der Waals surface area contributed by atoms with Crippen LogP contribution in [0.3, 0.4) is 0 Å². The number of halogens is 1. The van der Waals surface area contributed by atoms with E-state index in [2.05, 4.69) is 21.2 Å². The van der Waals surface area contributed by atoms with Crippen molar-refractivity contribution in [3.63, 3.8) is 0 Å². The molecule has 168 valence electrons. The first-order valence-corrected chi connectivity index (χ1v) is 13.9. The summed E-state index contributed by atoms with van der Waals surface area (Å²) in [6.45, 7) is 2.19. The molecule has 1 saturated carbocycles. The number of hydrogen-bond donors (Lipinski definition) is 1. The van der Waals surface area contributed by atoms with Crippen LogP contribution in [-0.2, 0) is 14.8 Å². The summed E-state index contributed by atoms with van der Waals surface area (Å²) in [6.07, 6.45) is 6.43. The SMILES string of the molecule is Cc1ccc(S(=O)(=O)N(CC(=O)NCCSC2CCCCC2)c2ccc(Br)cc2)cc1. The lowest BCUT2D eigenvalue weighted by molar-refractivity contribution is -0.119. The van der Waals surface area contributed by atoms with Gasteiger partial charge in [0.25, 0.3) is 10.0 Å². The first-order valence-electron chi connectivity index (χ1n) is 10.6. The third-order valence-corrected chi connectivity index (χ3v) is 9.04. The first-order chi connectivity index (χ1) is 14.9. The molecule has 0 spiro atoms. The van der Waals surface area contributed by atoms with Crippen LogP contribution in [0.1, 0.15) is 37.7 Å². The highest BCUT2D eigenvalue weighted by molar-refractivity contribution is 9.10. The van der Waals surface area contributed by atoms with Gasteiger partial charge in [-0.1, -0.05) is 52.9 Å². The number of rotatable bonds is 9. The number of benzene rings is 2. The van der Waals surface area contributed by atoms with Gasteiger partial charge in [-0.25, -0.2) is 8.42 Å². The Morgan fingerprint density at radius 2 is 1.71 bits per heavy atom. The van der Waals surface area contributed by atoms with Gasteiger partial charge in [0, 0.05) is 22.0 Å². The van der Waals surface area contributed by atoms with E-state index in [9.17, 15) is 13.2 Å². The molecule has 2 aromatic carbocycles. The van der Waals surface area contributed by atoms with Crippen molar-refractivity contribution in [1.82, 2.24) is 5.32 Å². The Kier molecular flexibility index (Phi) is 8.86. The number of hydrogen-bond acceptors (Lipinski definition) is 4. The molecule has 5 nitrogen and oxygen atoms in total. The van der Waals surface area contributed by atoms with Gasteiger partial charge >= 0.3 is 0 Å². The Bertz CT molecular complexity index is 957. The Hall–Kier alpha value is -1.51. The van der Waals surface area contributed by atoms with E-state index in [4.69, 9.17) is 0 Å². The molecule has 2 aromatic rings. The van der Waals surface area contributed by atoms with Gasteiger partial charge < -0.3 is 5.32 Å². The average Bonchev–Trinajstić information content (AvgIpc) is 2.77. The zero-order valence-corrected chi connectivity index (χ0v) is 20.9. The van der Waals surface area contributed by atoms with Crippen molar-refractivity contribution in [3.8, 4) is 0 Å². The molecule has 0 unspecified atom stereocenters. The molecule has 1 aliphatic carbocycles. The van der Waals surface area contributed by atoms with Gasteiger partial charge in [0.1, 0.15) is 6.54 Å². The highest BCUT2D eigenvalue weighted by atomic mass is 79.9. The van der Waals surface area contributed by atoms with Gasteiger partial charge in [0.05, 0.1) is 10.6 Å². The summed E-state index contributed by atoms with van der Waals surface area (Å²) in [7, 11) is -3.87. The number of anilines is 1. The predicted molar refractivity (Wildman–Crippen MR) is 132 cm³/mol. The number of carbonyl (C=O) groups excluding carboxylic acids is 1. The fourth-order valence-electron chi connectivity index (χ4n) is 3.59. The summed E-state index contributed by atoms with van der Waals surface area (Å²) in [5.74, 6) is 0.544. The number of carbonyl (C=O) groups is 1. The number of sulfonamides is 1. The summed E-state index contributed by atoms with van der Waals surface area (Å²) in [5, 5.41) is 3.58. The van der Waals surface area contributed by atoms with E-state index in [1.54, 1.807) is 48.5 Å². The summed E-state index contributed by atoms with van der Waals surface area (Å²) < 4.78 is 28.7. The minimum absolute atomic E-state index is 0.168. The third-order valence-electron chi connectivity index (χ3n) is 5.34. The molecule has 1 amide bonds. The monoisotopic (exact) mass is 524 g/mol. The quantitative estimate of drug-likeness (QED) is 0.461. The van der Waals surface area contributed by atoms with Crippen LogP contribution in [0, 0.1) is 6.92 Å². The maximum absolute atomic E-state index is 13.3. The highest BCUT2D eigenvalue weighted by Crippen LogP contribution is 2.28. The molecule has 0 saturated heterocycles. The Balaban J connectivity index is 1.67. The molecule has 0 aromatic heterocycles. The van der Waals surface area contributed by atoms with Gasteiger partial charge in [0.15, 0.2) is 0 Å². The van der Waals surface area contributed by atoms with Crippen LogP contribution in [0.15, 0.2) is 57.9 Å². The van der Waals surface area contributed by atoms with E-state index in [1.165, 1.54) is 36.4 Å². The number of aryl methyl sites for hydroxylation is 1. The van der Waals surface area contributed by atoms with Crippen LogP contribution in [-0.4, -0.2) is 38.4 Å². The Morgan fingerprint density at radius 1 is 1.06 bits per heavy atom. The molecule has 0 bridgehead atoms. The van der Waals surface area contributed by atoms with E-state index in [0.29, 0.717) is 17.5 Å². The zero-order valence-electron chi connectivity index (χ0n) is 17.7. The second-order valence-corrected chi connectivity index (χ2v) is 12.0. The zero-order chi connectivity index (χ0) is 22.3. The van der Waals surface area contributed by atoms with E-state index < -0.39 is 10.0 Å². The average molecular weight is 526 g/mol. The van der Waals surface area contributed by atoms with Crippen molar-refractivity contribution in [2.45, 2.75) is 49.2 Å². The second-order valence-electron chi connectivity index (χ2n) is 7.78.